The van der Waals surface area contributed by atoms with Crippen LogP contribution in [-0.4, -0.2) is 80.3 Å². The predicted octanol–water partition coefficient (Wildman–Crippen LogP) is 4.88. The Kier molecular flexibility index (Phi) is 8.21. The first-order valence-electron chi connectivity index (χ1n) is 14.5. The van der Waals surface area contributed by atoms with E-state index in [1.165, 1.54) is 24.0 Å². The molecule has 3 heterocycles. The third-order valence-corrected chi connectivity index (χ3v) is 8.55. The molecule has 0 spiro atoms. The van der Waals surface area contributed by atoms with Gasteiger partial charge in [0.25, 0.3) is 5.91 Å². The van der Waals surface area contributed by atoms with Gasteiger partial charge in [-0.3, -0.25) is 9.69 Å². The zero-order chi connectivity index (χ0) is 27.3. The van der Waals surface area contributed by atoms with Crippen LogP contribution in [0.4, 0.5) is 0 Å². The number of carbonyl (C=O) groups excluding carboxylic acids is 1. The van der Waals surface area contributed by atoms with Gasteiger partial charge in [0.2, 0.25) is 6.79 Å². The molecule has 0 N–H and O–H groups in total. The van der Waals surface area contributed by atoms with E-state index in [4.69, 9.17) is 14.2 Å². The van der Waals surface area contributed by atoms with Crippen LogP contribution in [0.5, 0.6) is 17.2 Å². The molecule has 3 aliphatic rings. The fourth-order valence-electron chi connectivity index (χ4n) is 6.48. The fraction of sp³-hybridized carbons (Fsp3) is 0.424. The number of fused-ring (bicyclic) bond motifs is 1. The van der Waals surface area contributed by atoms with Crippen molar-refractivity contribution >= 4 is 5.91 Å². The van der Waals surface area contributed by atoms with Gasteiger partial charge in [0.05, 0.1) is 7.11 Å². The molecule has 3 aromatic carbocycles. The van der Waals surface area contributed by atoms with Gasteiger partial charge < -0.3 is 24.0 Å². The summed E-state index contributed by atoms with van der Waals surface area (Å²) in [5.74, 6) is 2.86. The Morgan fingerprint density at radius 3 is 2.52 bits per heavy atom. The first-order valence-corrected chi connectivity index (χ1v) is 14.5. The minimum atomic E-state index is 0.0535. The number of rotatable bonds is 10. The highest BCUT2D eigenvalue weighted by atomic mass is 16.7. The average Bonchev–Trinajstić information content (AvgIpc) is 3.76. The Labute approximate surface area is 237 Å². The van der Waals surface area contributed by atoms with Gasteiger partial charge in [-0.25, -0.2) is 0 Å². The molecule has 2 unspecified atom stereocenters. The number of hydrogen-bond acceptors (Lipinski definition) is 6. The van der Waals surface area contributed by atoms with Gasteiger partial charge in [0.15, 0.2) is 11.5 Å². The molecular formula is C33H39N3O4. The second kappa shape index (κ2) is 12.3. The van der Waals surface area contributed by atoms with E-state index < -0.39 is 0 Å². The summed E-state index contributed by atoms with van der Waals surface area (Å²) in [4.78, 5) is 21.1. The Morgan fingerprint density at radius 1 is 0.925 bits per heavy atom. The van der Waals surface area contributed by atoms with Crippen LogP contribution in [-0.2, 0) is 6.54 Å². The van der Waals surface area contributed by atoms with Crippen LogP contribution in [0.2, 0.25) is 0 Å². The van der Waals surface area contributed by atoms with E-state index in [1.807, 2.05) is 24.3 Å². The maximum absolute atomic E-state index is 14.0. The number of methoxy groups -OCH3 is 1. The Hall–Kier alpha value is -3.55. The van der Waals surface area contributed by atoms with Crippen molar-refractivity contribution in [3.8, 4) is 17.2 Å². The Balaban J connectivity index is 1.27. The number of ether oxygens (including phenoxy) is 3. The number of carbonyl (C=O) groups is 1. The quantitative estimate of drug-likeness (QED) is 0.365. The van der Waals surface area contributed by atoms with Crippen molar-refractivity contribution in [2.45, 2.75) is 25.3 Å². The molecule has 210 valence electrons. The SMILES string of the molecule is COc1ccccc1C1CN(Cc2ccccc2)CC1CN(CCN1CCCC1)C(=O)c1ccc2c(c1)OCO2. The summed E-state index contributed by atoms with van der Waals surface area (Å²) in [6, 6.07) is 24.6. The average molecular weight is 542 g/mol. The van der Waals surface area contributed by atoms with Crippen molar-refractivity contribution in [1.29, 1.82) is 0 Å². The molecule has 0 bridgehead atoms. The molecule has 0 radical (unpaired) electrons. The molecule has 2 saturated heterocycles. The van der Waals surface area contributed by atoms with E-state index in [2.05, 4.69) is 63.2 Å². The van der Waals surface area contributed by atoms with Gasteiger partial charge in [-0.05, 0) is 67.2 Å². The van der Waals surface area contributed by atoms with Gasteiger partial charge >= 0.3 is 0 Å². The Bertz CT molecular complexity index is 1290. The predicted molar refractivity (Wildman–Crippen MR) is 155 cm³/mol. The Morgan fingerprint density at radius 2 is 1.70 bits per heavy atom. The smallest absolute Gasteiger partial charge is 0.254 e. The van der Waals surface area contributed by atoms with E-state index >= 15 is 0 Å². The van der Waals surface area contributed by atoms with Crippen LogP contribution in [0.25, 0.3) is 0 Å². The maximum Gasteiger partial charge on any atom is 0.254 e. The summed E-state index contributed by atoms with van der Waals surface area (Å²) in [7, 11) is 1.75. The fourth-order valence-corrected chi connectivity index (χ4v) is 6.48. The van der Waals surface area contributed by atoms with Crippen molar-refractivity contribution in [2.24, 2.45) is 5.92 Å². The van der Waals surface area contributed by atoms with Gasteiger partial charge in [-0.1, -0.05) is 48.5 Å². The standard InChI is InChI=1S/C33H39N3O4/c1-38-30-12-6-5-11-28(30)29-23-35(20-25-9-3-2-4-10-25)21-27(29)22-36(18-17-34-15-7-8-16-34)33(37)26-13-14-31-32(19-26)40-24-39-31/h2-6,9-14,19,27,29H,7-8,15-18,20-24H2,1H3. The van der Waals surface area contributed by atoms with Gasteiger partial charge in [-0.15, -0.1) is 0 Å². The first kappa shape index (κ1) is 26.7. The molecule has 0 saturated carbocycles. The number of benzene rings is 3. The van der Waals surface area contributed by atoms with Crippen molar-refractivity contribution in [2.75, 3.05) is 59.7 Å². The number of amides is 1. The van der Waals surface area contributed by atoms with Gasteiger partial charge in [0.1, 0.15) is 5.75 Å². The number of hydrogen-bond donors (Lipinski definition) is 0. The van der Waals surface area contributed by atoms with Crippen LogP contribution < -0.4 is 14.2 Å². The van der Waals surface area contributed by atoms with Crippen LogP contribution in [0.3, 0.4) is 0 Å². The monoisotopic (exact) mass is 541 g/mol. The van der Waals surface area contributed by atoms with Crippen LogP contribution in [0.15, 0.2) is 72.8 Å². The van der Waals surface area contributed by atoms with Gasteiger partial charge in [0, 0.05) is 50.7 Å². The molecule has 1 amide bonds. The summed E-state index contributed by atoms with van der Waals surface area (Å²) < 4.78 is 16.9. The van der Waals surface area contributed by atoms with Crippen molar-refractivity contribution in [3.05, 3.63) is 89.5 Å². The zero-order valence-electron chi connectivity index (χ0n) is 23.3. The van der Waals surface area contributed by atoms with Crippen LogP contribution in [0, 0.1) is 5.92 Å². The molecule has 0 aromatic heterocycles. The van der Waals surface area contributed by atoms with Crippen LogP contribution in [0.1, 0.15) is 40.2 Å². The number of likely N-dealkylation sites (tertiary alicyclic amines) is 2. The molecule has 40 heavy (non-hydrogen) atoms. The summed E-state index contributed by atoms with van der Waals surface area (Å²) in [6.07, 6.45) is 2.48. The largest absolute Gasteiger partial charge is 0.496 e. The molecular weight excluding hydrogens is 502 g/mol. The lowest BCUT2D eigenvalue weighted by atomic mass is 9.87. The molecule has 2 atom stereocenters. The molecule has 6 rings (SSSR count). The first-order chi connectivity index (χ1) is 19.7. The van der Waals surface area contributed by atoms with E-state index in [1.54, 1.807) is 7.11 Å². The summed E-state index contributed by atoms with van der Waals surface area (Å²) in [6.45, 7) is 7.48. The lowest BCUT2D eigenvalue weighted by Crippen LogP contribution is -2.42. The topological polar surface area (TPSA) is 54.5 Å². The molecule has 0 aliphatic carbocycles. The third-order valence-electron chi connectivity index (χ3n) is 8.55. The molecule has 3 aromatic rings. The third kappa shape index (κ3) is 5.96. The van der Waals surface area contributed by atoms with Crippen molar-refractivity contribution < 1.29 is 19.0 Å². The van der Waals surface area contributed by atoms with Crippen LogP contribution >= 0.6 is 0 Å². The summed E-state index contributed by atoms with van der Waals surface area (Å²) in [5.41, 5.74) is 3.18. The minimum absolute atomic E-state index is 0.0535. The summed E-state index contributed by atoms with van der Waals surface area (Å²) >= 11 is 0. The normalized spacial score (nSPS) is 20.6. The highest BCUT2D eigenvalue weighted by molar-refractivity contribution is 5.95. The highest BCUT2D eigenvalue weighted by Crippen LogP contribution is 2.39. The van der Waals surface area contributed by atoms with Crippen molar-refractivity contribution in [1.82, 2.24) is 14.7 Å². The lowest BCUT2D eigenvalue weighted by Gasteiger charge is -2.30. The van der Waals surface area contributed by atoms with Gasteiger partial charge in [-0.2, -0.15) is 0 Å². The molecule has 2 fully saturated rings. The number of para-hydroxylation sites is 1. The maximum atomic E-state index is 14.0. The van der Waals surface area contributed by atoms with Crippen molar-refractivity contribution in [3.63, 3.8) is 0 Å². The lowest BCUT2D eigenvalue weighted by molar-refractivity contribution is 0.0707. The van der Waals surface area contributed by atoms with E-state index in [0.717, 1.165) is 45.0 Å². The van der Waals surface area contributed by atoms with E-state index in [-0.39, 0.29) is 24.5 Å². The second-order valence-corrected chi connectivity index (χ2v) is 11.2. The summed E-state index contributed by atoms with van der Waals surface area (Å²) in [5, 5.41) is 0. The number of nitrogens with zero attached hydrogens (tertiary/aromatic N) is 3. The molecule has 7 heteroatoms. The highest BCUT2D eigenvalue weighted by Gasteiger charge is 2.37. The van der Waals surface area contributed by atoms with E-state index in [9.17, 15) is 4.79 Å². The molecule has 7 nitrogen and oxygen atoms in total. The van der Waals surface area contributed by atoms with E-state index in [0.29, 0.717) is 30.2 Å². The molecule has 3 aliphatic heterocycles. The zero-order valence-corrected chi connectivity index (χ0v) is 23.3. The minimum Gasteiger partial charge on any atom is -0.496 e. The second-order valence-electron chi connectivity index (χ2n) is 11.2.